The number of rotatable bonds is 6. The number of carbonyl (C=O) groups is 1. The number of ketones is 1. The molecule has 0 aliphatic rings. The summed E-state index contributed by atoms with van der Waals surface area (Å²) in [7, 11) is 0. The van der Waals surface area contributed by atoms with Gasteiger partial charge in [0, 0.05) is 23.4 Å². The molecule has 0 heterocycles. The molecule has 0 spiro atoms. The molecule has 17 heavy (non-hydrogen) atoms. The maximum Gasteiger partial charge on any atom is 0.162 e. The summed E-state index contributed by atoms with van der Waals surface area (Å²) in [6.07, 6.45) is 0.715. The van der Waals surface area contributed by atoms with Gasteiger partial charge in [0.05, 0.1) is 12.0 Å². The minimum absolute atomic E-state index is 0.00628. The summed E-state index contributed by atoms with van der Waals surface area (Å²) in [4.78, 5) is 14.3. The van der Waals surface area contributed by atoms with Crippen LogP contribution in [0.2, 0.25) is 0 Å². The summed E-state index contributed by atoms with van der Waals surface area (Å²) in [5.41, 5.74) is 8.79. The number of nitriles is 1. The van der Waals surface area contributed by atoms with Gasteiger partial charge in [0.1, 0.15) is 0 Å². The third-order valence-corrected chi connectivity index (χ3v) is 2.36. The molecule has 5 nitrogen and oxygen atoms in total. The molecule has 0 saturated carbocycles. The summed E-state index contributed by atoms with van der Waals surface area (Å²) in [5, 5.41) is 12.1. The van der Waals surface area contributed by atoms with Crippen molar-refractivity contribution in [2.45, 2.75) is 12.8 Å². The first kappa shape index (κ1) is 12.8. The van der Waals surface area contributed by atoms with Crippen LogP contribution < -0.4 is 0 Å². The van der Waals surface area contributed by atoms with Gasteiger partial charge in [-0.2, -0.15) is 5.26 Å². The Morgan fingerprint density at radius 3 is 2.76 bits per heavy atom. The van der Waals surface area contributed by atoms with Crippen molar-refractivity contribution in [3.63, 3.8) is 0 Å². The van der Waals surface area contributed by atoms with Gasteiger partial charge < -0.3 is 0 Å². The quantitative estimate of drug-likeness (QED) is 0.324. The number of nitrogens with zero attached hydrogens (tertiary/aromatic N) is 4. The smallest absolute Gasteiger partial charge is 0.162 e. The predicted molar refractivity (Wildman–Crippen MR) is 63.1 cm³/mol. The standard InChI is InChI=1S/C12H12N4O/c13-8-10(9-15-16-14)6-7-12(17)11-4-2-1-3-5-11/h1-5,10H,6-7,9H2. The van der Waals surface area contributed by atoms with Crippen LogP contribution in [0.4, 0.5) is 0 Å². The zero-order valence-corrected chi connectivity index (χ0v) is 9.28. The van der Waals surface area contributed by atoms with Crippen LogP contribution in [0.15, 0.2) is 35.4 Å². The lowest BCUT2D eigenvalue weighted by Crippen LogP contribution is -2.06. The van der Waals surface area contributed by atoms with Crippen molar-refractivity contribution in [2.75, 3.05) is 6.54 Å². The Kier molecular flexibility index (Phi) is 5.29. The minimum atomic E-state index is -0.390. The monoisotopic (exact) mass is 228 g/mol. The fraction of sp³-hybridized carbons (Fsp3) is 0.333. The average Bonchev–Trinajstić information content (AvgIpc) is 2.39. The van der Waals surface area contributed by atoms with Crippen LogP contribution in [-0.4, -0.2) is 12.3 Å². The highest BCUT2D eigenvalue weighted by molar-refractivity contribution is 5.95. The first-order valence-corrected chi connectivity index (χ1v) is 5.26. The van der Waals surface area contributed by atoms with Gasteiger partial charge in [-0.3, -0.25) is 4.79 Å². The molecule has 0 aromatic heterocycles. The van der Waals surface area contributed by atoms with Gasteiger partial charge in [-0.15, -0.1) is 0 Å². The van der Waals surface area contributed by atoms with E-state index in [2.05, 4.69) is 10.0 Å². The van der Waals surface area contributed by atoms with Gasteiger partial charge >= 0.3 is 0 Å². The van der Waals surface area contributed by atoms with Crippen LogP contribution in [0.5, 0.6) is 0 Å². The highest BCUT2D eigenvalue weighted by Gasteiger charge is 2.10. The van der Waals surface area contributed by atoms with Crippen molar-refractivity contribution in [3.8, 4) is 6.07 Å². The first-order valence-electron chi connectivity index (χ1n) is 5.26. The molecule has 1 aromatic carbocycles. The summed E-state index contributed by atoms with van der Waals surface area (Å²) in [6, 6.07) is 11.0. The second-order valence-corrected chi connectivity index (χ2v) is 3.57. The van der Waals surface area contributed by atoms with Gasteiger partial charge in [0.25, 0.3) is 0 Å². The number of azide groups is 1. The molecule has 0 amide bonds. The van der Waals surface area contributed by atoms with E-state index < -0.39 is 5.92 Å². The third kappa shape index (κ3) is 4.37. The van der Waals surface area contributed by atoms with Gasteiger partial charge in [0.15, 0.2) is 5.78 Å². The Bertz CT molecular complexity index is 457. The molecule has 0 fully saturated rings. The van der Waals surface area contributed by atoms with Crippen molar-refractivity contribution in [3.05, 3.63) is 46.3 Å². The molecular weight excluding hydrogens is 216 g/mol. The highest BCUT2D eigenvalue weighted by atomic mass is 16.1. The average molecular weight is 228 g/mol. The molecule has 0 aliphatic carbocycles. The molecule has 0 N–H and O–H groups in total. The Balaban J connectivity index is 2.48. The number of Topliss-reactive ketones (excluding diaryl/α,β-unsaturated/α-hetero) is 1. The normalized spacial score (nSPS) is 11.0. The molecule has 1 unspecified atom stereocenters. The van der Waals surface area contributed by atoms with Gasteiger partial charge in [-0.25, -0.2) is 0 Å². The highest BCUT2D eigenvalue weighted by Crippen LogP contribution is 2.11. The third-order valence-electron chi connectivity index (χ3n) is 2.36. The second-order valence-electron chi connectivity index (χ2n) is 3.57. The zero-order valence-electron chi connectivity index (χ0n) is 9.28. The maximum absolute atomic E-state index is 11.7. The Labute approximate surface area is 99.3 Å². The number of hydrogen-bond donors (Lipinski definition) is 0. The number of hydrogen-bond acceptors (Lipinski definition) is 3. The van der Waals surface area contributed by atoms with Crippen molar-refractivity contribution in [1.82, 2.24) is 0 Å². The van der Waals surface area contributed by atoms with Crippen molar-refractivity contribution in [1.29, 1.82) is 5.26 Å². The maximum atomic E-state index is 11.7. The number of benzene rings is 1. The van der Waals surface area contributed by atoms with Crippen LogP contribution in [-0.2, 0) is 0 Å². The molecule has 1 rings (SSSR count). The summed E-state index contributed by atoms with van der Waals surface area (Å²) < 4.78 is 0. The SMILES string of the molecule is N#CC(CCC(=O)c1ccccc1)CN=[N+]=[N-]. The lowest BCUT2D eigenvalue weighted by atomic mass is 10.00. The number of carbonyl (C=O) groups excluding carboxylic acids is 1. The van der Waals surface area contributed by atoms with Gasteiger partial charge in [-0.05, 0) is 12.0 Å². The van der Waals surface area contributed by atoms with Crippen LogP contribution >= 0.6 is 0 Å². The molecular formula is C12H12N4O. The molecule has 0 aliphatic heterocycles. The van der Waals surface area contributed by atoms with E-state index in [1.807, 2.05) is 12.1 Å². The van der Waals surface area contributed by atoms with Crippen molar-refractivity contribution >= 4 is 5.78 Å². The Morgan fingerprint density at radius 2 is 2.18 bits per heavy atom. The fourth-order valence-electron chi connectivity index (χ4n) is 1.41. The van der Waals surface area contributed by atoms with E-state index in [0.717, 1.165) is 0 Å². The zero-order chi connectivity index (χ0) is 12.5. The largest absolute Gasteiger partial charge is 0.294 e. The van der Waals surface area contributed by atoms with Crippen LogP contribution in [0.3, 0.4) is 0 Å². The molecule has 5 heteroatoms. The van der Waals surface area contributed by atoms with E-state index in [9.17, 15) is 4.79 Å². The van der Waals surface area contributed by atoms with Crippen LogP contribution in [0, 0.1) is 17.2 Å². The lowest BCUT2D eigenvalue weighted by molar-refractivity contribution is 0.0977. The Hall–Kier alpha value is -2.31. The summed E-state index contributed by atoms with van der Waals surface area (Å²) in [5.74, 6) is -0.384. The van der Waals surface area contributed by atoms with Crippen LogP contribution in [0.1, 0.15) is 23.2 Å². The first-order chi connectivity index (χ1) is 8.27. The second kappa shape index (κ2) is 7.04. The molecule has 1 atom stereocenters. The van der Waals surface area contributed by atoms with Crippen molar-refractivity contribution < 1.29 is 4.79 Å². The van der Waals surface area contributed by atoms with Gasteiger partial charge in [0.2, 0.25) is 0 Å². The van der Waals surface area contributed by atoms with E-state index in [1.54, 1.807) is 24.3 Å². The molecule has 0 saturated heterocycles. The van der Waals surface area contributed by atoms with Crippen LogP contribution in [0.25, 0.3) is 10.4 Å². The lowest BCUT2D eigenvalue weighted by Gasteiger charge is -2.04. The molecule has 0 radical (unpaired) electrons. The minimum Gasteiger partial charge on any atom is -0.294 e. The summed E-state index contributed by atoms with van der Waals surface area (Å²) in [6.45, 7) is 0.120. The summed E-state index contributed by atoms with van der Waals surface area (Å²) >= 11 is 0. The van der Waals surface area contributed by atoms with E-state index in [1.165, 1.54) is 0 Å². The van der Waals surface area contributed by atoms with Gasteiger partial charge in [-0.1, -0.05) is 35.4 Å². The van der Waals surface area contributed by atoms with E-state index in [4.69, 9.17) is 10.8 Å². The molecule has 86 valence electrons. The van der Waals surface area contributed by atoms with Crippen molar-refractivity contribution in [2.24, 2.45) is 11.0 Å². The van der Waals surface area contributed by atoms with E-state index >= 15 is 0 Å². The Morgan fingerprint density at radius 1 is 1.47 bits per heavy atom. The topological polar surface area (TPSA) is 89.6 Å². The van der Waals surface area contributed by atoms with E-state index in [0.29, 0.717) is 18.4 Å². The molecule has 0 bridgehead atoms. The molecule has 1 aromatic rings. The predicted octanol–water partition coefficient (Wildman–Crippen LogP) is 3.10. The van der Waals surface area contributed by atoms with E-state index in [-0.39, 0.29) is 12.3 Å². The fourth-order valence-corrected chi connectivity index (χ4v) is 1.41.